The monoisotopic (exact) mass is 258 g/mol. The topological polar surface area (TPSA) is 64.3 Å². The lowest BCUT2D eigenvalue weighted by atomic mass is 10.1. The molecule has 0 spiro atoms. The van der Waals surface area contributed by atoms with Crippen LogP contribution in [0, 0.1) is 5.92 Å². The highest BCUT2D eigenvalue weighted by molar-refractivity contribution is 5.96. The van der Waals surface area contributed by atoms with Gasteiger partial charge in [0.1, 0.15) is 5.75 Å². The number of hydrogen-bond donors (Lipinski definition) is 2. The van der Waals surface area contributed by atoms with E-state index in [0.717, 1.165) is 0 Å². The summed E-state index contributed by atoms with van der Waals surface area (Å²) in [6.45, 7) is 3.13. The Morgan fingerprint density at radius 2 is 2.12 bits per heavy atom. The SMILES string of the molecule is COc1ccccc1C(=O)NCC(C)CN.Cl. The zero-order chi connectivity index (χ0) is 12.0. The zero-order valence-corrected chi connectivity index (χ0v) is 10.9. The average molecular weight is 259 g/mol. The van der Waals surface area contributed by atoms with E-state index in [9.17, 15) is 4.79 Å². The Kier molecular flexibility index (Phi) is 7.34. The Morgan fingerprint density at radius 1 is 1.47 bits per heavy atom. The van der Waals surface area contributed by atoms with Crippen LogP contribution in [0.2, 0.25) is 0 Å². The summed E-state index contributed by atoms with van der Waals surface area (Å²) in [5.74, 6) is 0.733. The molecule has 17 heavy (non-hydrogen) atoms. The molecule has 0 aliphatic carbocycles. The second-order valence-electron chi connectivity index (χ2n) is 3.75. The highest BCUT2D eigenvalue weighted by atomic mass is 35.5. The van der Waals surface area contributed by atoms with Gasteiger partial charge in [0.2, 0.25) is 0 Å². The summed E-state index contributed by atoms with van der Waals surface area (Å²) in [5, 5.41) is 2.83. The number of rotatable bonds is 5. The summed E-state index contributed by atoms with van der Waals surface area (Å²) >= 11 is 0. The van der Waals surface area contributed by atoms with Gasteiger partial charge in [0, 0.05) is 6.54 Å². The van der Waals surface area contributed by atoms with E-state index in [1.54, 1.807) is 19.2 Å². The first-order valence-corrected chi connectivity index (χ1v) is 5.30. The summed E-state index contributed by atoms with van der Waals surface area (Å²) in [5.41, 5.74) is 6.03. The Bertz CT molecular complexity index is 358. The Balaban J connectivity index is 0.00000256. The molecule has 1 rings (SSSR count). The number of ether oxygens (including phenoxy) is 1. The van der Waals surface area contributed by atoms with Crippen molar-refractivity contribution in [1.82, 2.24) is 5.32 Å². The molecule has 1 atom stereocenters. The quantitative estimate of drug-likeness (QED) is 0.840. The van der Waals surface area contributed by atoms with Crippen molar-refractivity contribution in [3.8, 4) is 5.75 Å². The number of halogens is 1. The summed E-state index contributed by atoms with van der Waals surface area (Å²) in [6.07, 6.45) is 0. The molecular formula is C12H19ClN2O2. The second-order valence-corrected chi connectivity index (χ2v) is 3.75. The average Bonchev–Trinajstić information content (AvgIpc) is 2.35. The molecule has 0 heterocycles. The number of carbonyl (C=O) groups is 1. The number of benzene rings is 1. The van der Waals surface area contributed by atoms with Crippen molar-refractivity contribution in [2.45, 2.75) is 6.92 Å². The maximum Gasteiger partial charge on any atom is 0.255 e. The van der Waals surface area contributed by atoms with Crippen LogP contribution < -0.4 is 15.8 Å². The fraction of sp³-hybridized carbons (Fsp3) is 0.417. The smallest absolute Gasteiger partial charge is 0.255 e. The first kappa shape index (κ1) is 15.7. The molecule has 1 amide bonds. The molecule has 1 aromatic rings. The summed E-state index contributed by atoms with van der Waals surface area (Å²) < 4.78 is 5.11. The van der Waals surface area contributed by atoms with Crippen LogP contribution in [0.15, 0.2) is 24.3 Å². The van der Waals surface area contributed by atoms with Gasteiger partial charge in [-0.1, -0.05) is 19.1 Å². The highest BCUT2D eigenvalue weighted by Gasteiger charge is 2.11. The summed E-state index contributed by atoms with van der Waals surface area (Å²) in [7, 11) is 1.55. The van der Waals surface area contributed by atoms with E-state index < -0.39 is 0 Å². The van der Waals surface area contributed by atoms with Gasteiger partial charge in [0.05, 0.1) is 12.7 Å². The molecule has 1 unspecified atom stereocenters. The largest absolute Gasteiger partial charge is 0.496 e. The van der Waals surface area contributed by atoms with Gasteiger partial charge in [-0.05, 0) is 24.6 Å². The second kappa shape index (κ2) is 7.92. The minimum Gasteiger partial charge on any atom is -0.496 e. The lowest BCUT2D eigenvalue weighted by Gasteiger charge is -2.11. The van der Waals surface area contributed by atoms with Crippen LogP contribution in [0.5, 0.6) is 5.75 Å². The Morgan fingerprint density at radius 3 is 2.71 bits per heavy atom. The van der Waals surface area contributed by atoms with Crippen LogP contribution >= 0.6 is 12.4 Å². The summed E-state index contributed by atoms with van der Waals surface area (Å²) in [4.78, 5) is 11.8. The van der Waals surface area contributed by atoms with Crippen molar-refractivity contribution in [2.24, 2.45) is 11.7 Å². The van der Waals surface area contributed by atoms with E-state index in [0.29, 0.717) is 24.4 Å². The molecule has 0 bridgehead atoms. The fourth-order valence-electron chi connectivity index (χ4n) is 1.28. The molecule has 5 heteroatoms. The first-order valence-electron chi connectivity index (χ1n) is 5.30. The third-order valence-electron chi connectivity index (χ3n) is 2.37. The normalized spacial score (nSPS) is 11.2. The van der Waals surface area contributed by atoms with E-state index >= 15 is 0 Å². The van der Waals surface area contributed by atoms with Crippen molar-refractivity contribution in [3.05, 3.63) is 29.8 Å². The van der Waals surface area contributed by atoms with Gasteiger partial charge >= 0.3 is 0 Å². The van der Waals surface area contributed by atoms with Gasteiger partial charge in [-0.25, -0.2) is 0 Å². The molecule has 96 valence electrons. The van der Waals surface area contributed by atoms with Crippen LogP contribution in [0.25, 0.3) is 0 Å². The highest BCUT2D eigenvalue weighted by Crippen LogP contribution is 2.16. The van der Waals surface area contributed by atoms with Crippen molar-refractivity contribution in [2.75, 3.05) is 20.2 Å². The maximum atomic E-state index is 11.8. The number of nitrogens with two attached hydrogens (primary N) is 1. The lowest BCUT2D eigenvalue weighted by Crippen LogP contribution is -2.31. The van der Waals surface area contributed by atoms with Crippen molar-refractivity contribution in [1.29, 1.82) is 0 Å². The van der Waals surface area contributed by atoms with Gasteiger partial charge in [0.15, 0.2) is 0 Å². The fourth-order valence-corrected chi connectivity index (χ4v) is 1.28. The van der Waals surface area contributed by atoms with Crippen LogP contribution in [0.3, 0.4) is 0 Å². The van der Waals surface area contributed by atoms with Crippen LogP contribution in [0.4, 0.5) is 0 Å². The first-order chi connectivity index (χ1) is 7.69. The van der Waals surface area contributed by atoms with Gasteiger partial charge in [-0.2, -0.15) is 0 Å². The number of methoxy groups -OCH3 is 1. The van der Waals surface area contributed by atoms with E-state index in [1.807, 2.05) is 19.1 Å². The molecular weight excluding hydrogens is 240 g/mol. The van der Waals surface area contributed by atoms with E-state index in [1.165, 1.54) is 0 Å². The van der Waals surface area contributed by atoms with E-state index in [-0.39, 0.29) is 24.2 Å². The van der Waals surface area contributed by atoms with Crippen molar-refractivity contribution in [3.63, 3.8) is 0 Å². The van der Waals surface area contributed by atoms with Gasteiger partial charge in [-0.3, -0.25) is 4.79 Å². The van der Waals surface area contributed by atoms with Crippen molar-refractivity contribution < 1.29 is 9.53 Å². The summed E-state index contributed by atoms with van der Waals surface area (Å²) in [6, 6.07) is 7.14. The molecule has 0 aromatic heterocycles. The standard InChI is InChI=1S/C12H18N2O2.ClH/c1-9(7-13)8-14-12(15)10-5-3-4-6-11(10)16-2;/h3-6,9H,7-8,13H2,1-2H3,(H,14,15);1H. The number of hydrogen-bond acceptors (Lipinski definition) is 3. The minimum atomic E-state index is -0.127. The van der Waals surface area contributed by atoms with Gasteiger partial charge in [0.25, 0.3) is 5.91 Å². The number of amides is 1. The van der Waals surface area contributed by atoms with E-state index in [4.69, 9.17) is 10.5 Å². The minimum absolute atomic E-state index is 0. The molecule has 0 saturated carbocycles. The molecule has 0 fully saturated rings. The molecule has 0 saturated heterocycles. The number of carbonyl (C=O) groups excluding carboxylic acids is 1. The van der Waals surface area contributed by atoms with Gasteiger partial charge < -0.3 is 15.8 Å². The Labute approximate surface area is 108 Å². The van der Waals surface area contributed by atoms with Crippen LogP contribution in [-0.4, -0.2) is 26.1 Å². The predicted molar refractivity (Wildman–Crippen MR) is 70.8 cm³/mol. The third-order valence-corrected chi connectivity index (χ3v) is 2.37. The number of para-hydroxylation sites is 1. The van der Waals surface area contributed by atoms with E-state index in [2.05, 4.69) is 5.32 Å². The van der Waals surface area contributed by atoms with Crippen LogP contribution in [-0.2, 0) is 0 Å². The third kappa shape index (κ3) is 4.63. The van der Waals surface area contributed by atoms with Crippen LogP contribution in [0.1, 0.15) is 17.3 Å². The van der Waals surface area contributed by atoms with Gasteiger partial charge in [-0.15, -0.1) is 12.4 Å². The molecule has 0 radical (unpaired) electrons. The molecule has 0 aliphatic rings. The maximum absolute atomic E-state index is 11.8. The van der Waals surface area contributed by atoms with Crippen molar-refractivity contribution >= 4 is 18.3 Å². The molecule has 4 nitrogen and oxygen atoms in total. The lowest BCUT2D eigenvalue weighted by molar-refractivity contribution is 0.0945. The Hall–Kier alpha value is -1.26. The number of nitrogens with one attached hydrogen (secondary N) is 1. The molecule has 3 N–H and O–H groups in total. The zero-order valence-electron chi connectivity index (χ0n) is 10.1. The molecule has 0 aliphatic heterocycles. The molecule has 1 aromatic carbocycles. The predicted octanol–water partition coefficient (Wildman–Crippen LogP) is 1.44.